The van der Waals surface area contributed by atoms with Gasteiger partial charge in [-0.2, -0.15) is 0 Å². The zero-order valence-corrected chi connectivity index (χ0v) is 8.69. The van der Waals surface area contributed by atoms with Crippen molar-refractivity contribution in [1.82, 2.24) is 5.32 Å². The normalized spacial score (nSPS) is 33.5. The molecule has 2 heterocycles. The van der Waals surface area contributed by atoms with Gasteiger partial charge in [-0.25, -0.2) is 4.79 Å². The van der Waals surface area contributed by atoms with Crippen molar-refractivity contribution < 1.29 is 19.1 Å². The van der Waals surface area contributed by atoms with Crippen LogP contribution in [-0.4, -0.2) is 37.2 Å². The zero-order chi connectivity index (χ0) is 10.8. The molecule has 2 fully saturated rings. The van der Waals surface area contributed by atoms with Gasteiger partial charge in [0.1, 0.15) is 0 Å². The number of fused-ring (bicyclic) bond motifs is 2. The number of hydrogen-bond acceptors (Lipinski definition) is 4. The highest BCUT2D eigenvalue weighted by atomic mass is 16.5. The van der Waals surface area contributed by atoms with Crippen molar-refractivity contribution in [2.24, 2.45) is 0 Å². The van der Waals surface area contributed by atoms with E-state index in [1.54, 1.807) is 0 Å². The molecule has 2 bridgehead atoms. The second kappa shape index (κ2) is 4.18. The van der Waals surface area contributed by atoms with Crippen LogP contribution in [0, 0.1) is 0 Å². The van der Waals surface area contributed by atoms with Gasteiger partial charge < -0.3 is 14.8 Å². The van der Waals surface area contributed by atoms with Crippen LogP contribution in [0.25, 0.3) is 0 Å². The van der Waals surface area contributed by atoms with Gasteiger partial charge in [0.25, 0.3) is 0 Å². The maximum atomic E-state index is 11.3. The number of amides is 1. The largest absolute Gasteiger partial charge is 0.462 e. The Bertz CT molecular complexity index is 279. The van der Waals surface area contributed by atoms with Gasteiger partial charge in [-0.05, 0) is 25.7 Å². The van der Waals surface area contributed by atoms with E-state index in [1.807, 2.05) is 0 Å². The predicted octanol–water partition coefficient (Wildman–Crippen LogP) is -0.0144. The molecule has 0 radical (unpaired) electrons. The van der Waals surface area contributed by atoms with Crippen LogP contribution in [0.15, 0.2) is 0 Å². The Balaban J connectivity index is 1.89. The molecular formula is C10H15NO4. The molecule has 2 aliphatic heterocycles. The highest BCUT2D eigenvalue weighted by molar-refractivity contribution is 6.32. The molecule has 0 aromatic carbocycles. The highest BCUT2D eigenvalue weighted by Gasteiger charge is 2.38. The summed E-state index contributed by atoms with van der Waals surface area (Å²) in [7, 11) is 1.20. The fourth-order valence-corrected chi connectivity index (χ4v) is 2.28. The minimum Gasteiger partial charge on any atom is -0.462 e. The van der Waals surface area contributed by atoms with E-state index in [1.165, 1.54) is 7.11 Å². The smallest absolute Gasteiger partial charge is 0.396 e. The Morgan fingerprint density at radius 3 is 2.73 bits per heavy atom. The number of hydrogen-bond donors (Lipinski definition) is 1. The standard InChI is InChI=1S/C10H15NO4/c1-14-10(13)9(12)11-7-4-2-6-3-5-8(7)15-6/h6-8H,2-5H2,1H3,(H,11,12). The van der Waals surface area contributed by atoms with E-state index < -0.39 is 11.9 Å². The zero-order valence-electron chi connectivity index (χ0n) is 8.69. The monoisotopic (exact) mass is 213 g/mol. The van der Waals surface area contributed by atoms with Gasteiger partial charge in [-0.1, -0.05) is 0 Å². The van der Waals surface area contributed by atoms with Gasteiger partial charge in [0.15, 0.2) is 0 Å². The van der Waals surface area contributed by atoms with Gasteiger partial charge >= 0.3 is 11.9 Å². The van der Waals surface area contributed by atoms with Gasteiger partial charge in [0.2, 0.25) is 0 Å². The molecule has 2 saturated heterocycles. The number of esters is 1. The summed E-state index contributed by atoms with van der Waals surface area (Å²) in [5.74, 6) is -1.51. The van der Waals surface area contributed by atoms with E-state index in [2.05, 4.69) is 10.1 Å². The lowest BCUT2D eigenvalue weighted by Gasteiger charge is -2.29. The molecule has 3 atom stereocenters. The topological polar surface area (TPSA) is 64.6 Å². The number of nitrogens with one attached hydrogen (secondary N) is 1. The van der Waals surface area contributed by atoms with Gasteiger partial charge in [0, 0.05) is 0 Å². The summed E-state index contributed by atoms with van der Waals surface area (Å²) in [4.78, 5) is 22.2. The Kier molecular flexibility index (Phi) is 2.90. The van der Waals surface area contributed by atoms with Crippen LogP contribution in [0.5, 0.6) is 0 Å². The molecule has 15 heavy (non-hydrogen) atoms. The first-order valence-corrected chi connectivity index (χ1v) is 5.25. The van der Waals surface area contributed by atoms with E-state index in [9.17, 15) is 9.59 Å². The van der Waals surface area contributed by atoms with Gasteiger partial charge in [0.05, 0.1) is 25.4 Å². The molecule has 0 spiro atoms. The van der Waals surface area contributed by atoms with Crippen LogP contribution in [0.2, 0.25) is 0 Å². The first kappa shape index (κ1) is 10.4. The van der Waals surface area contributed by atoms with Crippen LogP contribution >= 0.6 is 0 Å². The second-order valence-corrected chi connectivity index (χ2v) is 4.02. The summed E-state index contributed by atoms with van der Waals surface area (Å²) < 4.78 is 10.00. The summed E-state index contributed by atoms with van der Waals surface area (Å²) in [5, 5.41) is 2.66. The molecule has 84 valence electrons. The third kappa shape index (κ3) is 2.12. The Morgan fingerprint density at radius 2 is 2.00 bits per heavy atom. The maximum absolute atomic E-state index is 11.3. The third-order valence-corrected chi connectivity index (χ3v) is 3.08. The minimum atomic E-state index is -0.838. The molecular weight excluding hydrogens is 198 g/mol. The third-order valence-electron chi connectivity index (χ3n) is 3.08. The average molecular weight is 213 g/mol. The van der Waals surface area contributed by atoms with Crippen LogP contribution in [0.1, 0.15) is 25.7 Å². The summed E-state index contributed by atoms with van der Waals surface area (Å²) in [6, 6.07) is -0.0321. The van der Waals surface area contributed by atoms with Crippen LogP contribution in [-0.2, 0) is 19.1 Å². The van der Waals surface area contributed by atoms with Crippen LogP contribution < -0.4 is 5.32 Å². The van der Waals surface area contributed by atoms with Crippen molar-refractivity contribution in [2.75, 3.05) is 7.11 Å². The number of methoxy groups -OCH3 is 1. The van der Waals surface area contributed by atoms with Crippen LogP contribution in [0.4, 0.5) is 0 Å². The van der Waals surface area contributed by atoms with E-state index >= 15 is 0 Å². The Hall–Kier alpha value is -1.10. The number of carbonyl (C=O) groups excluding carboxylic acids is 2. The SMILES string of the molecule is COC(=O)C(=O)NC1CCC2CCC1O2. The van der Waals surface area contributed by atoms with Crippen molar-refractivity contribution in [1.29, 1.82) is 0 Å². The van der Waals surface area contributed by atoms with Gasteiger partial charge in [-0.3, -0.25) is 4.79 Å². The molecule has 0 aromatic heterocycles. The minimum absolute atomic E-state index is 0.0321. The lowest BCUT2D eigenvalue weighted by Crippen LogP contribution is -2.48. The fourth-order valence-electron chi connectivity index (χ4n) is 2.28. The Morgan fingerprint density at radius 1 is 1.27 bits per heavy atom. The number of ether oxygens (including phenoxy) is 2. The summed E-state index contributed by atoms with van der Waals surface area (Å²) in [5.41, 5.74) is 0. The predicted molar refractivity (Wildman–Crippen MR) is 51.1 cm³/mol. The molecule has 5 heteroatoms. The van der Waals surface area contributed by atoms with Crippen LogP contribution in [0.3, 0.4) is 0 Å². The van der Waals surface area contributed by atoms with Crippen molar-refractivity contribution in [3.63, 3.8) is 0 Å². The van der Waals surface area contributed by atoms with Crippen molar-refractivity contribution in [3.8, 4) is 0 Å². The van der Waals surface area contributed by atoms with Gasteiger partial charge in [-0.15, -0.1) is 0 Å². The molecule has 0 saturated carbocycles. The van der Waals surface area contributed by atoms with E-state index in [-0.39, 0.29) is 12.1 Å². The van der Waals surface area contributed by atoms with E-state index in [0.717, 1.165) is 25.7 Å². The highest BCUT2D eigenvalue weighted by Crippen LogP contribution is 2.32. The molecule has 1 N–H and O–H groups in total. The van der Waals surface area contributed by atoms with E-state index in [0.29, 0.717) is 6.10 Å². The van der Waals surface area contributed by atoms with Crippen molar-refractivity contribution in [2.45, 2.75) is 43.9 Å². The first-order valence-electron chi connectivity index (χ1n) is 5.25. The lowest BCUT2D eigenvalue weighted by atomic mass is 10.0. The van der Waals surface area contributed by atoms with E-state index in [4.69, 9.17) is 4.74 Å². The molecule has 0 aromatic rings. The molecule has 2 rings (SSSR count). The second-order valence-electron chi connectivity index (χ2n) is 4.02. The molecule has 1 amide bonds. The lowest BCUT2D eigenvalue weighted by molar-refractivity contribution is -0.153. The summed E-state index contributed by atoms with van der Waals surface area (Å²) in [6.45, 7) is 0. The Labute approximate surface area is 88.1 Å². The molecule has 5 nitrogen and oxygen atoms in total. The maximum Gasteiger partial charge on any atom is 0.396 e. The fraction of sp³-hybridized carbons (Fsp3) is 0.800. The summed E-state index contributed by atoms with van der Waals surface area (Å²) in [6.07, 6.45) is 4.32. The number of carbonyl (C=O) groups is 2. The first-order chi connectivity index (χ1) is 7.20. The molecule has 0 aliphatic carbocycles. The van der Waals surface area contributed by atoms with Crippen molar-refractivity contribution in [3.05, 3.63) is 0 Å². The van der Waals surface area contributed by atoms with Crippen molar-refractivity contribution >= 4 is 11.9 Å². The summed E-state index contributed by atoms with van der Waals surface area (Å²) >= 11 is 0. The molecule has 3 unspecified atom stereocenters. The number of rotatable bonds is 1. The quantitative estimate of drug-likeness (QED) is 0.491. The molecule has 2 aliphatic rings. The average Bonchev–Trinajstić information content (AvgIpc) is 2.64.